The van der Waals surface area contributed by atoms with Crippen molar-refractivity contribution >= 4 is 5.97 Å². The average molecular weight is 237 g/mol. The van der Waals surface area contributed by atoms with Crippen LogP contribution >= 0.6 is 0 Å². The van der Waals surface area contributed by atoms with Gasteiger partial charge in [0.25, 0.3) is 0 Å². The lowest BCUT2D eigenvalue weighted by Crippen LogP contribution is -2.01. The van der Waals surface area contributed by atoms with Crippen LogP contribution in [-0.4, -0.2) is 36.2 Å². The van der Waals surface area contributed by atoms with Gasteiger partial charge in [-0.3, -0.25) is 0 Å². The molecule has 0 aromatic carbocycles. The number of carbonyl (C=O) groups is 1. The van der Waals surface area contributed by atoms with Gasteiger partial charge >= 0.3 is 5.97 Å². The van der Waals surface area contributed by atoms with Crippen LogP contribution in [0.25, 0.3) is 0 Å². The van der Waals surface area contributed by atoms with Crippen LogP contribution in [0.5, 0.6) is 0 Å². The molecular weight excluding hydrogens is 226 g/mol. The van der Waals surface area contributed by atoms with E-state index < -0.39 is 5.97 Å². The van der Waals surface area contributed by atoms with Gasteiger partial charge in [0.05, 0.1) is 6.20 Å². The normalized spacial score (nSPS) is 11.0. The third kappa shape index (κ3) is 2.47. The lowest BCUT2D eigenvalue weighted by Gasteiger charge is -1.93. The first-order valence-corrected chi connectivity index (χ1v) is 5.02. The maximum atomic E-state index is 10.6. The topological polar surface area (TPSA) is 107 Å². The van der Waals surface area contributed by atoms with Crippen molar-refractivity contribution in [2.75, 3.05) is 0 Å². The first kappa shape index (κ1) is 11.2. The van der Waals surface area contributed by atoms with Crippen LogP contribution in [0.3, 0.4) is 0 Å². The first-order chi connectivity index (χ1) is 8.06. The van der Waals surface area contributed by atoms with Crippen molar-refractivity contribution in [2.24, 2.45) is 0 Å². The van der Waals surface area contributed by atoms with Gasteiger partial charge in [-0.05, 0) is 0 Å². The van der Waals surface area contributed by atoms with E-state index in [0.29, 0.717) is 11.7 Å². The molecule has 0 radical (unpaired) electrons. The van der Waals surface area contributed by atoms with Gasteiger partial charge in [0.1, 0.15) is 6.54 Å². The summed E-state index contributed by atoms with van der Waals surface area (Å²) in [5, 5.41) is 19.6. The molecule has 2 aromatic heterocycles. The summed E-state index contributed by atoms with van der Waals surface area (Å²) in [5.74, 6) is 0.0385. The Morgan fingerprint density at radius 3 is 2.88 bits per heavy atom. The van der Waals surface area contributed by atoms with Gasteiger partial charge in [-0.1, -0.05) is 24.2 Å². The van der Waals surface area contributed by atoms with Crippen molar-refractivity contribution in [2.45, 2.75) is 26.3 Å². The number of nitrogens with zero attached hydrogens (tertiary/aromatic N) is 5. The zero-order chi connectivity index (χ0) is 12.4. The molecular formula is C9H11N5O3. The Labute approximate surface area is 96.2 Å². The summed E-state index contributed by atoms with van der Waals surface area (Å²) < 4.78 is 6.34. The van der Waals surface area contributed by atoms with E-state index in [1.165, 1.54) is 10.9 Å². The number of carboxylic acid groups (broad SMARTS) is 1. The van der Waals surface area contributed by atoms with Crippen molar-refractivity contribution in [3.8, 4) is 0 Å². The molecule has 0 atom stereocenters. The molecule has 0 spiro atoms. The van der Waals surface area contributed by atoms with Gasteiger partial charge in [-0.15, -0.1) is 5.10 Å². The predicted octanol–water partition coefficient (Wildman–Crippen LogP) is 0.531. The molecule has 90 valence electrons. The average Bonchev–Trinajstić information content (AvgIpc) is 2.87. The molecule has 0 bridgehead atoms. The predicted molar refractivity (Wildman–Crippen MR) is 54.5 cm³/mol. The highest BCUT2D eigenvalue weighted by Crippen LogP contribution is 2.10. The minimum absolute atomic E-state index is 0.117. The molecule has 8 nitrogen and oxygen atoms in total. The molecule has 1 N–H and O–H groups in total. The van der Waals surface area contributed by atoms with Crippen molar-refractivity contribution in [1.29, 1.82) is 0 Å². The molecule has 0 fully saturated rings. The minimum atomic E-state index is -1.12. The third-order valence-corrected chi connectivity index (χ3v) is 2.06. The molecule has 0 unspecified atom stereocenters. The SMILES string of the molecule is CC(C)c1noc(Cn2cc(C(=O)O)nn2)n1. The summed E-state index contributed by atoms with van der Waals surface area (Å²) in [5.41, 5.74) is -0.117. The van der Waals surface area contributed by atoms with Crippen LogP contribution in [0.15, 0.2) is 10.7 Å². The van der Waals surface area contributed by atoms with E-state index in [1.807, 2.05) is 13.8 Å². The highest BCUT2D eigenvalue weighted by atomic mass is 16.5. The van der Waals surface area contributed by atoms with Gasteiger partial charge < -0.3 is 9.63 Å². The molecule has 0 aliphatic rings. The Bertz CT molecular complexity index is 530. The molecule has 0 aliphatic heterocycles. The summed E-state index contributed by atoms with van der Waals surface area (Å²) in [7, 11) is 0. The quantitative estimate of drug-likeness (QED) is 0.826. The van der Waals surface area contributed by atoms with E-state index in [0.717, 1.165) is 0 Å². The first-order valence-electron chi connectivity index (χ1n) is 5.02. The minimum Gasteiger partial charge on any atom is -0.476 e. The summed E-state index contributed by atoms with van der Waals surface area (Å²) in [6, 6.07) is 0. The van der Waals surface area contributed by atoms with E-state index in [2.05, 4.69) is 20.5 Å². The molecule has 17 heavy (non-hydrogen) atoms. The fraction of sp³-hybridized carbons (Fsp3) is 0.444. The van der Waals surface area contributed by atoms with Crippen LogP contribution in [0, 0.1) is 0 Å². The Kier molecular flexibility index (Phi) is 2.86. The molecule has 2 aromatic rings. The van der Waals surface area contributed by atoms with E-state index >= 15 is 0 Å². The van der Waals surface area contributed by atoms with E-state index in [1.54, 1.807) is 0 Å². The van der Waals surface area contributed by atoms with E-state index in [-0.39, 0.29) is 18.2 Å². The molecule has 0 amide bonds. The fourth-order valence-corrected chi connectivity index (χ4v) is 1.18. The summed E-state index contributed by atoms with van der Waals surface area (Å²) in [6.45, 7) is 4.11. The molecule has 0 saturated carbocycles. The monoisotopic (exact) mass is 237 g/mol. The van der Waals surface area contributed by atoms with Gasteiger partial charge in [-0.2, -0.15) is 4.98 Å². The number of aromatic carboxylic acids is 1. The number of rotatable bonds is 4. The highest BCUT2D eigenvalue weighted by Gasteiger charge is 2.12. The molecule has 2 rings (SSSR count). The Morgan fingerprint density at radius 2 is 2.35 bits per heavy atom. The van der Waals surface area contributed by atoms with Crippen molar-refractivity contribution < 1.29 is 14.4 Å². The highest BCUT2D eigenvalue weighted by molar-refractivity contribution is 5.84. The molecule has 0 saturated heterocycles. The second kappa shape index (κ2) is 4.32. The molecule has 8 heteroatoms. The third-order valence-electron chi connectivity index (χ3n) is 2.06. The van der Waals surface area contributed by atoms with Gasteiger partial charge in [0.15, 0.2) is 11.5 Å². The van der Waals surface area contributed by atoms with Crippen molar-refractivity contribution in [3.63, 3.8) is 0 Å². The van der Waals surface area contributed by atoms with Gasteiger partial charge in [0, 0.05) is 5.92 Å². The number of aromatic nitrogens is 5. The van der Waals surface area contributed by atoms with Gasteiger partial charge in [-0.25, -0.2) is 9.48 Å². The Morgan fingerprint density at radius 1 is 1.59 bits per heavy atom. The van der Waals surface area contributed by atoms with E-state index in [4.69, 9.17) is 9.63 Å². The fourth-order valence-electron chi connectivity index (χ4n) is 1.18. The lowest BCUT2D eigenvalue weighted by molar-refractivity contribution is 0.0690. The second-order valence-electron chi connectivity index (χ2n) is 3.81. The Balaban J connectivity index is 2.11. The Hall–Kier alpha value is -2.25. The van der Waals surface area contributed by atoms with Crippen LogP contribution in [0.4, 0.5) is 0 Å². The lowest BCUT2D eigenvalue weighted by atomic mass is 10.2. The maximum absolute atomic E-state index is 10.6. The maximum Gasteiger partial charge on any atom is 0.358 e. The van der Waals surface area contributed by atoms with Crippen LogP contribution in [0.2, 0.25) is 0 Å². The second-order valence-corrected chi connectivity index (χ2v) is 3.81. The summed E-state index contributed by atoms with van der Waals surface area (Å²) in [4.78, 5) is 14.7. The molecule has 0 aliphatic carbocycles. The largest absolute Gasteiger partial charge is 0.476 e. The van der Waals surface area contributed by atoms with Crippen molar-refractivity contribution in [1.82, 2.24) is 25.1 Å². The smallest absolute Gasteiger partial charge is 0.358 e. The van der Waals surface area contributed by atoms with Crippen molar-refractivity contribution in [3.05, 3.63) is 23.6 Å². The van der Waals surface area contributed by atoms with Crippen LogP contribution in [-0.2, 0) is 6.54 Å². The standard InChI is InChI=1S/C9H11N5O3/c1-5(2)8-10-7(17-12-8)4-14-3-6(9(15)16)11-13-14/h3,5H,4H2,1-2H3,(H,15,16). The van der Waals surface area contributed by atoms with E-state index in [9.17, 15) is 4.79 Å². The zero-order valence-corrected chi connectivity index (χ0v) is 9.36. The number of hydrogen-bond donors (Lipinski definition) is 1. The number of hydrogen-bond acceptors (Lipinski definition) is 6. The zero-order valence-electron chi connectivity index (χ0n) is 9.36. The van der Waals surface area contributed by atoms with Crippen LogP contribution in [0.1, 0.15) is 42.0 Å². The molecule has 2 heterocycles. The summed E-state index contributed by atoms with van der Waals surface area (Å²) >= 11 is 0. The van der Waals surface area contributed by atoms with Gasteiger partial charge in [0.2, 0.25) is 5.89 Å². The van der Waals surface area contributed by atoms with Crippen LogP contribution < -0.4 is 0 Å². The number of carboxylic acids is 1. The summed E-state index contributed by atoms with van der Waals surface area (Å²) in [6.07, 6.45) is 1.31.